The Bertz CT molecular complexity index is 603. The van der Waals surface area contributed by atoms with Gasteiger partial charge in [0.25, 0.3) is 0 Å². The van der Waals surface area contributed by atoms with Crippen LogP contribution in [-0.2, 0) is 4.74 Å². The van der Waals surface area contributed by atoms with Crippen LogP contribution in [0, 0.1) is 5.92 Å². The van der Waals surface area contributed by atoms with Crippen LogP contribution in [-0.4, -0.2) is 83.8 Å². The van der Waals surface area contributed by atoms with Gasteiger partial charge >= 0.3 is 0 Å². The summed E-state index contributed by atoms with van der Waals surface area (Å²) in [6.45, 7) is 8.34. The van der Waals surface area contributed by atoms with E-state index in [1.807, 2.05) is 19.6 Å². The van der Waals surface area contributed by atoms with Gasteiger partial charge in [-0.3, -0.25) is 9.89 Å². The number of hydrogen-bond donors (Lipinski definition) is 1. The molecule has 3 aliphatic heterocycles. The molecule has 1 aromatic heterocycles. The van der Waals surface area contributed by atoms with Crippen molar-refractivity contribution in [2.45, 2.75) is 44.4 Å². The van der Waals surface area contributed by atoms with Crippen molar-refractivity contribution >= 4 is 5.96 Å². The van der Waals surface area contributed by atoms with Crippen LogP contribution in [0.25, 0.3) is 0 Å². The highest BCUT2D eigenvalue weighted by molar-refractivity contribution is 5.80. The highest BCUT2D eigenvalue weighted by Gasteiger charge is 2.33. The van der Waals surface area contributed by atoms with Gasteiger partial charge in [-0.1, -0.05) is 6.92 Å². The smallest absolute Gasteiger partial charge is 0.193 e. The zero-order valence-electron chi connectivity index (χ0n) is 16.0. The van der Waals surface area contributed by atoms with Crippen molar-refractivity contribution in [1.82, 2.24) is 24.7 Å². The van der Waals surface area contributed by atoms with Crippen LogP contribution in [0.4, 0.5) is 0 Å². The lowest BCUT2D eigenvalue weighted by atomic mass is 9.93. The Morgan fingerprint density at radius 1 is 1.31 bits per heavy atom. The second-order valence-corrected chi connectivity index (χ2v) is 7.96. The maximum absolute atomic E-state index is 6.08. The second-order valence-electron chi connectivity index (χ2n) is 7.96. The lowest BCUT2D eigenvalue weighted by Crippen LogP contribution is -2.53. The lowest BCUT2D eigenvalue weighted by Gasteiger charge is -2.40. The van der Waals surface area contributed by atoms with Gasteiger partial charge in [-0.15, -0.1) is 0 Å². The molecule has 3 saturated heterocycles. The molecule has 3 fully saturated rings. The summed E-state index contributed by atoms with van der Waals surface area (Å²) >= 11 is 0. The minimum Gasteiger partial charge on any atom is -0.373 e. The molecule has 1 aromatic rings. The Morgan fingerprint density at radius 2 is 2.23 bits per heavy atom. The predicted molar refractivity (Wildman–Crippen MR) is 102 cm³/mol. The van der Waals surface area contributed by atoms with Crippen molar-refractivity contribution in [2.24, 2.45) is 10.9 Å². The van der Waals surface area contributed by atoms with Crippen LogP contribution in [0.2, 0.25) is 0 Å². The number of fused-ring (bicyclic) bond motifs is 1. The normalized spacial score (nSPS) is 33.3. The van der Waals surface area contributed by atoms with Crippen LogP contribution in [0.3, 0.4) is 0 Å². The summed E-state index contributed by atoms with van der Waals surface area (Å²) < 4.78 is 8.32. The molecule has 3 aliphatic rings. The molecular formula is C19H32N6O. The number of ether oxygens (including phenoxy) is 1. The number of hydrogen-bond acceptors (Lipinski definition) is 4. The standard InChI is InChI=1S/C19H32N6O/c1-15-5-8-24(12-18(15)25-9-6-21-14-25)19(20-2)22-10-17-11-23-7-3-4-16(23)13-26-17/h6,9,14-18H,3-5,7-8,10-13H2,1-2H3,(H,20,22). The monoisotopic (exact) mass is 360 g/mol. The van der Waals surface area contributed by atoms with E-state index < -0.39 is 0 Å². The van der Waals surface area contributed by atoms with E-state index in [-0.39, 0.29) is 6.10 Å². The van der Waals surface area contributed by atoms with Gasteiger partial charge in [-0.05, 0) is 31.7 Å². The molecule has 144 valence electrons. The van der Waals surface area contributed by atoms with Gasteiger partial charge in [0.1, 0.15) is 0 Å². The van der Waals surface area contributed by atoms with E-state index in [1.165, 1.54) is 25.8 Å². The average Bonchev–Trinajstić information content (AvgIpc) is 3.34. The number of guanidine groups is 1. The van der Waals surface area contributed by atoms with Crippen LogP contribution < -0.4 is 5.32 Å². The first kappa shape index (κ1) is 17.8. The molecule has 0 bridgehead atoms. The maximum atomic E-state index is 6.08. The fourth-order valence-electron chi connectivity index (χ4n) is 4.64. The highest BCUT2D eigenvalue weighted by Crippen LogP contribution is 2.27. The number of rotatable bonds is 3. The van der Waals surface area contributed by atoms with Gasteiger partial charge in [-0.2, -0.15) is 0 Å². The molecule has 7 nitrogen and oxygen atoms in total. The molecular weight excluding hydrogens is 328 g/mol. The van der Waals surface area contributed by atoms with Crippen LogP contribution >= 0.6 is 0 Å². The van der Waals surface area contributed by atoms with Gasteiger partial charge in [0.05, 0.1) is 25.1 Å². The fraction of sp³-hybridized carbons (Fsp3) is 0.789. The van der Waals surface area contributed by atoms with Crippen molar-refractivity contribution in [2.75, 3.05) is 46.4 Å². The third-order valence-corrected chi connectivity index (χ3v) is 6.29. The molecule has 4 unspecified atom stereocenters. The zero-order chi connectivity index (χ0) is 17.9. The van der Waals surface area contributed by atoms with E-state index in [2.05, 4.69) is 42.8 Å². The van der Waals surface area contributed by atoms with E-state index in [0.717, 1.165) is 38.7 Å². The number of aromatic nitrogens is 2. The lowest BCUT2D eigenvalue weighted by molar-refractivity contribution is -0.0455. The SMILES string of the molecule is CN=C(NCC1CN2CCCC2CO1)N1CCC(C)C(n2ccnc2)C1. The maximum Gasteiger partial charge on any atom is 0.193 e. The number of likely N-dealkylation sites (tertiary alicyclic amines) is 1. The molecule has 0 saturated carbocycles. The summed E-state index contributed by atoms with van der Waals surface area (Å²) in [5, 5.41) is 3.57. The van der Waals surface area contributed by atoms with E-state index in [4.69, 9.17) is 4.74 Å². The molecule has 0 aromatic carbocycles. The van der Waals surface area contributed by atoms with Crippen molar-refractivity contribution < 1.29 is 4.74 Å². The third kappa shape index (κ3) is 3.74. The van der Waals surface area contributed by atoms with Gasteiger partial charge in [-0.25, -0.2) is 4.98 Å². The summed E-state index contributed by atoms with van der Waals surface area (Å²) in [6.07, 6.45) is 9.91. The Hall–Kier alpha value is -1.60. The Morgan fingerprint density at radius 3 is 3.04 bits per heavy atom. The van der Waals surface area contributed by atoms with E-state index >= 15 is 0 Å². The molecule has 4 atom stereocenters. The molecule has 4 heterocycles. The summed E-state index contributed by atoms with van der Waals surface area (Å²) in [5.74, 6) is 1.64. The average molecular weight is 361 g/mol. The number of nitrogens with zero attached hydrogens (tertiary/aromatic N) is 5. The minimum atomic E-state index is 0.259. The van der Waals surface area contributed by atoms with E-state index in [9.17, 15) is 0 Å². The predicted octanol–water partition coefficient (Wildman–Crippen LogP) is 1.20. The molecule has 0 amide bonds. The first-order chi connectivity index (χ1) is 12.7. The Balaban J connectivity index is 1.32. The number of morpholine rings is 1. The van der Waals surface area contributed by atoms with Gasteiger partial charge in [0.15, 0.2) is 5.96 Å². The van der Waals surface area contributed by atoms with Gasteiger partial charge in [0.2, 0.25) is 0 Å². The van der Waals surface area contributed by atoms with Gasteiger partial charge < -0.3 is 19.5 Å². The van der Waals surface area contributed by atoms with Crippen molar-refractivity contribution in [1.29, 1.82) is 0 Å². The molecule has 7 heteroatoms. The molecule has 4 rings (SSSR count). The van der Waals surface area contributed by atoms with Gasteiger partial charge in [0, 0.05) is 51.7 Å². The van der Waals surface area contributed by atoms with Crippen molar-refractivity contribution in [3.05, 3.63) is 18.7 Å². The highest BCUT2D eigenvalue weighted by atomic mass is 16.5. The number of piperidine rings is 1. The van der Waals surface area contributed by atoms with E-state index in [0.29, 0.717) is 18.0 Å². The summed E-state index contributed by atoms with van der Waals surface area (Å²) in [7, 11) is 1.88. The quantitative estimate of drug-likeness (QED) is 0.648. The first-order valence-corrected chi connectivity index (χ1v) is 10.0. The number of imidazole rings is 1. The van der Waals surface area contributed by atoms with Crippen LogP contribution in [0.15, 0.2) is 23.7 Å². The molecule has 0 radical (unpaired) electrons. The molecule has 0 spiro atoms. The number of aliphatic imine (C=N–C) groups is 1. The summed E-state index contributed by atoms with van der Waals surface area (Å²) in [4.78, 5) is 13.7. The summed E-state index contributed by atoms with van der Waals surface area (Å²) in [5.41, 5.74) is 0. The topological polar surface area (TPSA) is 57.9 Å². The number of nitrogens with one attached hydrogen (secondary N) is 1. The van der Waals surface area contributed by atoms with Crippen LogP contribution in [0.5, 0.6) is 0 Å². The minimum absolute atomic E-state index is 0.259. The largest absolute Gasteiger partial charge is 0.373 e. The molecule has 26 heavy (non-hydrogen) atoms. The van der Waals surface area contributed by atoms with Crippen LogP contribution in [0.1, 0.15) is 32.2 Å². The Labute approximate surface area is 156 Å². The van der Waals surface area contributed by atoms with Crippen molar-refractivity contribution in [3.8, 4) is 0 Å². The Kier molecular flexibility index (Phi) is 5.45. The third-order valence-electron chi connectivity index (χ3n) is 6.29. The molecule has 0 aliphatic carbocycles. The van der Waals surface area contributed by atoms with Crippen molar-refractivity contribution in [3.63, 3.8) is 0 Å². The zero-order valence-corrected chi connectivity index (χ0v) is 16.0. The summed E-state index contributed by atoms with van der Waals surface area (Å²) in [6, 6.07) is 1.10. The first-order valence-electron chi connectivity index (χ1n) is 10.0. The fourth-order valence-corrected chi connectivity index (χ4v) is 4.64. The van der Waals surface area contributed by atoms with E-state index in [1.54, 1.807) is 0 Å². The molecule has 1 N–H and O–H groups in total. The second kappa shape index (κ2) is 7.96.